The molecule has 0 aliphatic rings. The first-order valence-corrected chi connectivity index (χ1v) is 14.8. The van der Waals surface area contributed by atoms with E-state index in [0.717, 1.165) is 57.0 Å². The van der Waals surface area contributed by atoms with Gasteiger partial charge in [0.1, 0.15) is 23.0 Å². The maximum atomic E-state index is 10.2. The lowest BCUT2D eigenvalue weighted by Gasteiger charge is -2.28. The van der Waals surface area contributed by atoms with Crippen molar-refractivity contribution in [1.29, 1.82) is 0 Å². The van der Waals surface area contributed by atoms with E-state index < -0.39 is 0 Å². The molecule has 4 rings (SSSR count). The second-order valence-electron chi connectivity index (χ2n) is 11.6. The van der Waals surface area contributed by atoms with Crippen molar-refractivity contribution in [3.8, 4) is 23.0 Å². The smallest absolute Gasteiger partial charge is 0.293 e. The van der Waals surface area contributed by atoms with Crippen molar-refractivity contribution in [2.45, 2.75) is 66.2 Å². The first kappa shape index (κ1) is 30.7. The summed E-state index contributed by atoms with van der Waals surface area (Å²) in [4.78, 5) is 0. The van der Waals surface area contributed by atoms with Crippen LogP contribution in [0.25, 0.3) is 0 Å². The Bertz CT molecular complexity index is 1460. The maximum Gasteiger partial charge on any atom is 0.293 e. The van der Waals surface area contributed by atoms with Crippen LogP contribution in [0, 0.1) is 27.7 Å². The Balaban J connectivity index is 1.43. The molecule has 5 nitrogen and oxygen atoms in total. The number of aromatic hydroxyl groups is 1. The third kappa shape index (κ3) is 6.64. The van der Waals surface area contributed by atoms with Gasteiger partial charge in [-0.3, -0.25) is 4.55 Å². The van der Waals surface area contributed by atoms with Crippen LogP contribution in [-0.4, -0.2) is 9.66 Å². The van der Waals surface area contributed by atoms with Crippen LogP contribution in [-0.2, 0) is 10.8 Å². The molecular weight excluding hydrogens is 553 g/mol. The lowest BCUT2D eigenvalue weighted by atomic mass is 9.76. The Kier molecular flexibility index (Phi) is 9.22. The predicted octanol–water partition coefficient (Wildman–Crippen LogP) is 9.80. The molecule has 0 atom stereocenters. The van der Waals surface area contributed by atoms with E-state index in [-0.39, 0.29) is 10.8 Å². The average molecular weight is 591 g/mol. The Morgan fingerprint density at radius 3 is 1.37 bits per heavy atom. The van der Waals surface area contributed by atoms with E-state index in [1.54, 1.807) is 0 Å². The van der Waals surface area contributed by atoms with Gasteiger partial charge in [-0.2, -0.15) is 0 Å². The molecule has 0 aromatic heterocycles. The molecule has 0 saturated carbocycles. The summed E-state index contributed by atoms with van der Waals surface area (Å²) in [7, 11) is 0. The van der Waals surface area contributed by atoms with Crippen LogP contribution in [0.1, 0.15) is 72.2 Å². The summed E-state index contributed by atoms with van der Waals surface area (Å²) in [6.45, 7) is 16.7. The van der Waals surface area contributed by atoms with Gasteiger partial charge >= 0.3 is 0 Å². The lowest BCUT2D eigenvalue weighted by Crippen LogP contribution is -2.20. The van der Waals surface area contributed by atoms with Gasteiger partial charge in [0, 0.05) is 10.8 Å². The predicted molar refractivity (Wildman–Crippen MR) is 170 cm³/mol. The van der Waals surface area contributed by atoms with Gasteiger partial charge in [0.15, 0.2) is 0 Å². The number of hydrogen-bond acceptors (Lipinski definition) is 7. The van der Waals surface area contributed by atoms with Gasteiger partial charge in [0.2, 0.25) is 12.3 Å². The van der Waals surface area contributed by atoms with E-state index in [2.05, 4.69) is 64.1 Å². The average Bonchev–Trinajstić information content (AvgIpc) is 2.93. The second-order valence-corrected chi connectivity index (χ2v) is 12.4. The van der Waals surface area contributed by atoms with Crippen LogP contribution in [0.2, 0.25) is 0 Å². The van der Waals surface area contributed by atoms with Gasteiger partial charge in [-0.15, -0.1) is 0 Å². The zero-order valence-corrected chi connectivity index (χ0v) is 26.5. The minimum Gasteiger partial charge on any atom is -0.507 e. The van der Waals surface area contributed by atoms with Crippen molar-refractivity contribution < 1.29 is 22.2 Å². The first-order chi connectivity index (χ1) is 19.3. The summed E-state index contributed by atoms with van der Waals surface area (Å²) in [5.74, 6) is 2.45. The Morgan fingerprint density at radius 2 is 0.927 bits per heavy atom. The maximum absolute atomic E-state index is 10.2. The molecule has 0 aliphatic carbocycles. The van der Waals surface area contributed by atoms with Crippen LogP contribution in [0.3, 0.4) is 0 Å². The fourth-order valence-corrected chi connectivity index (χ4v) is 5.83. The Hall–Kier alpha value is -3.26. The lowest BCUT2D eigenvalue weighted by molar-refractivity contribution is 0.465. The van der Waals surface area contributed by atoms with Gasteiger partial charge in [-0.1, -0.05) is 76.2 Å². The highest BCUT2D eigenvalue weighted by molar-refractivity contribution is 7.90. The summed E-state index contributed by atoms with van der Waals surface area (Å²) in [5, 5.41) is 10.2. The molecule has 216 valence electrons. The summed E-state index contributed by atoms with van der Waals surface area (Å²) in [6, 6.07) is 24.2. The van der Waals surface area contributed by atoms with Gasteiger partial charge in [-0.25, -0.2) is 0 Å². The van der Waals surface area contributed by atoms with Gasteiger partial charge in [0.05, 0.1) is 0 Å². The standard InChI is InChI=1S/C34H38O5S2/c1-21-17-27(18-22(2)31(21)35)34(7,8)28-19-23(3)32(24(4)20-28)39-41-38-30-15-11-26(12-16-30)33(5,6)25-9-13-29(14-10-25)37-40-36/h9-20,35-36H,1-8H3. The SMILES string of the molecule is Cc1cc(C(C)(C)c2cc(C)c(OSOc3ccc(C(C)(C)c4ccc(OSO)cc4)cc3)c(C)c2)cc(C)c1O. The highest BCUT2D eigenvalue weighted by Gasteiger charge is 2.27. The molecule has 0 fully saturated rings. The number of phenols is 1. The van der Waals surface area contributed by atoms with Crippen molar-refractivity contribution in [3.05, 3.63) is 117 Å². The van der Waals surface area contributed by atoms with E-state index >= 15 is 0 Å². The molecule has 0 radical (unpaired) electrons. The molecule has 4 aromatic carbocycles. The molecule has 0 heterocycles. The molecule has 4 aromatic rings. The molecule has 0 aliphatic heterocycles. The number of aryl methyl sites for hydroxylation is 4. The normalized spacial score (nSPS) is 11.8. The molecule has 2 N–H and O–H groups in total. The van der Waals surface area contributed by atoms with Crippen LogP contribution in [0.5, 0.6) is 23.0 Å². The molecule has 0 unspecified atom stereocenters. The van der Waals surface area contributed by atoms with Crippen molar-refractivity contribution >= 4 is 24.6 Å². The number of rotatable bonds is 10. The molecule has 0 bridgehead atoms. The fraction of sp³-hybridized carbons (Fsp3) is 0.294. The van der Waals surface area contributed by atoms with Crippen LogP contribution >= 0.6 is 24.6 Å². The fourth-order valence-electron chi connectivity index (χ4n) is 5.08. The quantitative estimate of drug-likeness (QED) is 0.178. The van der Waals surface area contributed by atoms with E-state index in [4.69, 9.17) is 17.1 Å². The second kappa shape index (κ2) is 12.3. The van der Waals surface area contributed by atoms with Crippen molar-refractivity contribution in [1.82, 2.24) is 0 Å². The summed E-state index contributed by atoms with van der Waals surface area (Å²) in [6.07, 6.45) is 0. The molecule has 41 heavy (non-hydrogen) atoms. The minimum atomic E-state index is -0.245. The highest BCUT2D eigenvalue weighted by atomic mass is 32.2. The number of benzene rings is 4. The Morgan fingerprint density at radius 1 is 0.537 bits per heavy atom. The molecule has 0 spiro atoms. The third-order valence-corrected chi connectivity index (χ3v) is 8.69. The minimum absolute atomic E-state index is 0.228. The third-order valence-electron chi connectivity index (χ3n) is 7.93. The zero-order chi connectivity index (χ0) is 29.9. The highest BCUT2D eigenvalue weighted by Crippen LogP contribution is 2.39. The molecule has 0 saturated heterocycles. The first-order valence-electron chi connectivity index (χ1n) is 13.5. The van der Waals surface area contributed by atoms with E-state index in [1.807, 2.05) is 64.1 Å². The monoisotopic (exact) mass is 590 g/mol. The van der Waals surface area contributed by atoms with Gasteiger partial charge < -0.3 is 17.7 Å². The molecule has 0 amide bonds. The van der Waals surface area contributed by atoms with Crippen molar-refractivity contribution in [3.63, 3.8) is 0 Å². The van der Waals surface area contributed by atoms with Crippen LogP contribution in [0.4, 0.5) is 0 Å². The van der Waals surface area contributed by atoms with E-state index in [9.17, 15) is 5.11 Å². The number of phenolic OH excluding ortho intramolecular Hbond substituents is 1. The summed E-state index contributed by atoms with van der Waals surface area (Å²) >= 11 is 1.30. The summed E-state index contributed by atoms with van der Waals surface area (Å²) < 4.78 is 25.8. The number of hydrogen-bond donors (Lipinski definition) is 2. The van der Waals surface area contributed by atoms with Crippen molar-refractivity contribution in [2.24, 2.45) is 0 Å². The molecule has 7 heteroatoms. The zero-order valence-electron chi connectivity index (χ0n) is 24.9. The van der Waals surface area contributed by atoms with E-state index in [0.29, 0.717) is 29.6 Å². The Labute approximate surface area is 252 Å². The topological polar surface area (TPSA) is 68.2 Å². The van der Waals surface area contributed by atoms with Crippen LogP contribution < -0.4 is 12.5 Å². The van der Waals surface area contributed by atoms with Gasteiger partial charge in [-0.05, 0) is 96.5 Å². The van der Waals surface area contributed by atoms with E-state index in [1.165, 1.54) is 5.56 Å². The van der Waals surface area contributed by atoms with Gasteiger partial charge in [0.25, 0.3) is 12.3 Å². The largest absolute Gasteiger partial charge is 0.507 e. The summed E-state index contributed by atoms with van der Waals surface area (Å²) in [5.41, 5.74) is 7.97. The van der Waals surface area contributed by atoms with Crippen molar-refractivity contribution in [2.75, 3.05) is 0 Å². The van der Waals surface area contributed by atoms with Crippen LogP contribution in [0.15, 0.2) is 72.8 Å². The molecular formula is C34H38O5S2.